The summed E-state index contributed by atoms with van der Waals surface area (Å²) >= 11 is 6.03. The molecule has 2 rings (SSSR count). The third-order valence-electron chi connectivity index (χ3n) is 2.57. The highest BCUT2D eigenvalue weighted by atomic mass is 35.5. The standard InChI is InChI=1S/C12H13ClN4O/c1-7-3-4-8(9(13)5-7)12(18)16-11-10(14)6-15-17(11)2/h3-6H,14H2,1-2H3,(H,16,18). The van der Waals surface area contributed by atoms with Gasteiger partial charge in [-0.1, -0.05) is 17.7 Å². The first-order valence-corrected chi connectivity index (χ1v) is 5.72. The average Bonchev–Trinajstić information content (AvgIpc) is 2.60. The van der Waals surface area contributed by atoms with E-state index in [-0.39, 0.29) is 5.91 Å². The maximum atomic E-state index is 12.1. The highest BCUT2D eigenvalue weighted by Crippen LogP contribution is 2.21. The SMILES string of the molecule is Cc1ccc(C(=O)Nc2c(N)cnn2C)c(Cl)c1. The summed E-state index contributed by atoms with van der Waals surface area (Å²) < 4.78 is 1.50. The Hall–Kier alpha value is -2.01. The van der Waals surface area contributed by atoms with E-state index in [9.17, 15) is 4.79 Å². The first kappa shape index (κ1) is 12.4. The van der Waals surface area contributed by atoms with Gasteiger partial charge in [-0.3, -0.25) is 9.48 Å². The van der Waals surface area contributed by atoms with Crippen LogP contribution in [0.15, 0.2) is 24.4 Å². The molecule has 6 heteroatoms. The Morgan fingerprint density at radius 1 is 1.50 bits per heavy atom. The van der Waals surface area contributed by atoms with Gasteiger partial charge in [0.25, 0.3) is 5.91 Å². The Kier molecular flexibility index (Phi) is 3.25. The Morgan fingerprint density at radius 3 is 2.78 bits per heavy atom. The van der Waals surface area contributed by atoms with Crippen molar-refractivity contribution < 1.29 is 4.79 Å². The molecule has 1 aromatic heterocycles. The monoisotopic (exact) mass is 264 g/mol. The van der Waals surface area contributed by atoms with Crippen LogP contribution in [0.1, 0.15) is 15.9 Å². The van der Waals surface area contributed by atoms with E-state index in [0.717, 1.165) is 5.56 Å². The third-order valence-corrected chi connectivity index (χ3v) is 2.88. The van der Waals surface area contributed by atoms with Crippen molar-refractivity contribution in [1.82, 2.24) is 9.78 Å². The number of carbonyl (C=O) groups is 1. The average molecular weight is 265 g/mol. The number of hydrogen-bond donors (Lipinski definition) is 2. The lowest BCUT2D eigenvalue weighted by Gasteiger charge is -2.08. The van der Waals surface area contributed by atoms with Crippen LogP contribution < -0.4 is 11.1 Å². The number of anilines is 2. The van der Waals surface area contributed by atoms with Gasteiger partial charge in [-0.2, -0.15) is 5.10 Å². The molecule has 0 aliphatic rings. The van der Waals surface area contributed by atoms with Crippen LogP contribution in [0.3, 0.4) is 0 Å². The van der Waals surface area contributed by atoms with Gasteiger partial charge >= 0.3 is 0 Å². The number of nitrogens with two attached hydrogens (primary N) is 1. The van der Waals surface area contributed by atoms with Gasteiger partial charge in [0.2, 0.25) is 0 Å². The van der Waals surface area contributed by atoms with Gasteiger partial charge in [-0.25, -0.2) is 0 Å². The van der Waals surface area contributed by atoms with E-state index in [0.29, 0.717) is 22.1 Å². The van der Waals surface area contributed by atoms with Crippen molar-refractivity contribution in [3.8, 4) is 0 Å². The van der Waals surface area contributed by atoms with Crippen molar-refractivity contribution in [3.63, 3.8) is 0 Å². The molecule has 0 saturated carbocycles. The summed E-state index contributed by atoms with van der Waals surface area (Å²) in [7, 11) is 1.70. The predicted molar refractivity (Wildman–Crippen MR) is 71.8 cm³/mol. The molecular weight excluding hydrogens is 252 g/mol. The molecule has 0 radical (unpaired) electrons. The number of aryl methyl sites for hydroxylation is 2. The molecule has 1 heterocycles. The number of hydrogen-bond acceptors (Lipinski definition) is 3. The summed E-state index contributed by atoms with van der Waals surface area (Å²) in [6.45, 7) is 1.91. The summed E-state index contributed by atoms with van der Waals surface area (Å²) in [4.78, 5) is 12.1. The minimum Gasteiger partial charge on any atom is -0.394 e. The molecule has 1 aromatic carbocycles. The van der Waals surface area contributed by atoms with Crippen LogP contribution in [0.5, 0.6) is 0 Å². The zero-order chi connectivity index (χ0) is 13.3. The zero-order valence-electron chi connectivity index (χ0n) is 10.1. The fourth-order valence-corrected chi connectivity index (χ4v) is 1.91. The van der Waals surface area contributed by atoms with E-state index in [4.69, 9.17) is 17.3 Å². The van der Waals surface area contributed by atoms with E-state index in [2.05, 4.69) is 10.4 Å². The fourth-order valence-electron chi connectivity index (χ4n) is 1.59. The van der Waals surface area contributed by atoms with Crippen molar-refractivity contribution in [1.29, 1.82) is 0 Å². The molecule has 0 saturated heterocycles. The van der Waals surface area contributed by atoms with Gasteiger partial charge in [0.05, 0.1) is 22.5 Å². The maximum absolute atomic E-state index is 12.1. The van der Waals surface area contributed by atoms with E-state index < -0.39 is 0 Å². The van der Waals surface area contributed by atoms with Crippen molar-refractivity contribution in [2.24, 2.45) is 7.05 Å². The van der Waals surface area contributed by atoms with Crippen LogP contribution in [-0.4, -0.2) is 15.7 Å². The maximum Gasteiger partial charge on any atom is 0.258 e. The lowest BCUT2D eigenvalue weighted by atomic mass is 10.1. The summed E-state index contributed by atoms with van der Waals surface area (Å²) in [5.41, 5.74) is 7.51. The van der Waals surface area contributed by atoms with Gasteiger partial charge in [-0.15, -0.1) is 0 Å². The molecule has 0 aliphatic heterocycles. The van der Waals surface area contributed by atoms with Crippen LogP contribution >= 0.6 is 11.6 Å². The Labute approximate surface area is 110 Å². The number of nitrogens with zero attached hydrogens (tertiary/aromatic N) is 2. The van der Waals surface area contributed by atoms with Crippen LogP contribution in [0.2, 0.25) is 5.02 Å². The van der Waals surface area contributed by atoms with Crippen molar-refractivity contribution in [2.75, 3.05) is 11.1 Å². The van der Waals surface area contributed by atoms with E-state index in [1.165, 1.54) is 10.9 Å². The van der Waals surface area contributed by atoms with Crippen LogP contribution in [0, 0.1) is 6.92 Å². The number of rotatable bonds is 2. The van der Waals surface area contributed by atoms with Gasteiger partial charge in [0.15, 0.2) is 5.82 Å². The topological polar surface area (TPSA) is 72.9 Å². The lowest BCUT2D eigenvalue weighted by molar-refractivity contribution is 0.102. The number of nitrogens with one attached hydrogen (secondary N) is 1. The highest BCUT2D eigenvalue weighted by Gasteiger charge is 2.14. The smallest absolute Gasteiger partial charge is 0.258 e. The summed E-state index contributed by atoms with van der Waals surface area (Å²) in [5.74, 6) is 0.145. The third kappa shape index (κ3) is 2.31. The Balaban J connectivity index is 2.28. The van der Waals surface area contributed by atoms with Crippen molar-refractivity contribution >= 4 is 29.0 Å². The largest absolute Gasteiger partial charge is 0.394 e. The molecule has 3 N–H and O–H groups in total. The zero-order valence-corrected chi connectivity index (χ0v) is 10.8. The first-order chi connectivity index (χ1) is 8.49. The quantitative estimate of drug-likeness (QED) is 0.873. The molecule has 18 heavy (non-hydrogen) atoms. The van der Waals surface area contributed by atoms with Crippen LogP contribution in [0.25, 0.3) is 0 Å². The fraction of sp³-hybridized carbons (Fsp3) is 0.167. The molecule has 0 spiro atoms. The molecule has 5 nitrogen and oxygen atoms in total. The molecule has 0 bridgehead atoms. The van der Waals surface area contributed by atoms with Crippen LogP contribution in [0.4, 0.5) is 11.5 Å². The number of nitrogen functional groups attached to an aromatic ring is 1. The van der Waals surface area contributed by atoms with E-state index >= 15 is 0 Å². The minimum atomic E-state index is -0.310. The minimum absolute atomic E-state index is 0.310. The Bertz CT molecular complexity index is 587. The molecule has 94 valence electrons. The van der Waals surface area contributed by atoms with Crippen molar-refractivity contribution in [2.45, 2.75) is 6.92 Å². The summed E-state index contributed by atoms with van der Waals surface area (Å²) in [6, 6.07) is 5.25. The molecular formula is C12H13ClN4O. The number of aromatic nitrogens is 2. The summed E-state index contributed by atoms with van der Waals surface area (Å²) in [5, 5.41) is 7.04. The molecule has 0 atom stereocenters. The second-order valence-electron chi connectivity index (χ2n) is 4.01. The number of amides is 1. The van der Waals surface area contributed by atoms with Gasteiger partial charge in [0.1, 0.15) is 0 Å². The molecule has 1 amide bonds. The predicted octanol–water partition coefficient (Wildman–Crippen LogP) is 2.22. The number of halogens is 1. The highest BCUT2D eigenvalue weighted by molar-refractivity contribution is 6.34. The second-order valence-corrected chi connectivity index (χ2v) is 4.42. The van der Waals surface area contributed by atoms with E-state index in [1.807, 2.05) is 13.0 Å². The number of carbonyl (C=O) groups excluding carboxylic acids is 1. The number of benzene rings is 1. The van der Waals surface area contributed by atoms with E-state index in [1.54, 1.807) is 19.2 Å². The normalized spacial score (nSPS) is 10.4. The summed E-state index contributed by atoms with van der Waals surface area (Å²) in [6.07, 6.45) is 1.48. The molecule has 0 fully saturated rings. The second kappa shape index (κ2) is 4.70. The van der Waals surface area contributed by atoms with Gasteiger partial charge in [0, 0.05) is 7.05 Å². The van der Waals surface area contributed by atoms with Gasteiger partial charge in [-0.05, 0) is 24.6 Å². The molecule has 0 aliphatic carbocycles. The van der Waals surface area contributed by atoms with Crippen LogP contribution in [-0.2, 0) is 7.05 Å². The first-order valence-electron chi connectivity index (χ1n) is 5.34. The van der Waals surface area contributed by atoms with Crippen molar-refractivity contribution in [3.05, 3.63) is 40.5 Å². The molecule has 2 aromatic rings. The van der Waals surface area contributed by atoms with Gasteiger partial charge < -0.3 is 11.1 Å². The molecule has 0 unspecified atom stereocenters. The Morgan fingerprint density at radius 2 is 2.22 bits per heavy atom. The lowest BCUT2D eigenvalue weighted by Crippen LogP contribution is -2.16.